The number of urea groups is 1. The van der Waals surface area contributed by atoms with E-state index in [-0.39, 0.29) is 11.7 Å². The first-order valence-corrected chi connectivity index (χ1v) is 8.21. The summed E-state index contributed by atoms with van der Waals surface area (Å²) in [7, 11) is 0. The number of nitrogens with one attached hydrogen (secondary N) is 1. The number of benzene rings is 2. The largest absolute Gasteiger partial charge is 0.368 e. The summed E-state index contributed by atoms with van der Waals surface area (Å²) in [6, 6.07) is 13.3. The van der Waals surface area contributed by atoms with Crippen LogP contribution in [0.15, 0.2) is 48.5 Å². The summed E-state index contributed by atoms with van der Waals surface area (Å²) in [4.78, 5) is 26.5. The molecule has 1 saturated heterocycles. The van der Waals surface area contributed by atoms with Crippen molar-refractivity contribution in [1.82, 2.24) is 4.90 Å². The lowest BCUT2D eigenvalue weighted by molar-refractivity contribution is -0.384. The molecule has 130 valence electrons. The quantitative estimate of drug-likeness (QED) is 0.670. The lowest BCUT2D eigenvalue weighted by Gasteiger charge is -2.36. The summed E-state index contributed by atoms with van der Waals surface area (Å²) in [6.45, 7) is 2.48. The second kappa shape index (κ2) is 7.40. The smallest absolute Gasteiger partial charge is 0.321 e. The van der Waals surface area contributed by atoms with Gasteiger partial charge in [-0.1, -0.05) is 17.7 Å². The zero-order valence-corrected chi connectivity index (χ0v) is 14.1. The zero-order valence-electron chi connectivity index (χ0n) is 13.4. The molecule has 7 nitrogen and oxygen atoms in total. The Bertz CT molecular complexity index is 774. The van der Waals surface area contributed by atoms with Gasteiger partial charge in [0, 0.05) is 54.7 Å². The van der Waals surface area contributed by atoms with Crippen LogP contribution in [0.25, 0.3) is 0 Å². The maximum absolute atomic E-state index is 12.3. The van der Waals surface area contributed by atoms with Crippen molar-refractivity contribution < 1.29 is 9.72 Å². The number of nitro benzene ring substituents is 1. The van der Waals surface area contributed by atoms with Crippen LogP contribution < -0.4 is 10.2 Å². The molecule has 1 fully saturated rings. The molecule has 2 amide bonds. The summed E-state index contributed by atoms with van der Waals surface area (Å²) < 4.78 is 0. The van der Waals surface area contributed by atoms with Crippen molar-refractivity contribution in [1.29, 1.82) is 0 Å². The van der Waals surface area contributed by atoms with Crippen molar-refractivity contribution in [3.05, 3.63) is 63.7 Å². The number of non-ortho nitro benzene ring substituents is 1. The molecular formula is C17H17ClN4O3. The van der Waals surface area contributed by atoms with Gasteiger partial charge in [0.25, 0.3) is 5.69 Å². The zero-order chi connectivity index (χ0) is 17.8. The van der Waals surface area contributed by atoms with Crippen LogP contribution in [0.2, 0.25) is 5.02 Å². The molecular weight excluding hydrogens is 344 g/mol. The van der Waals surface area contributed by atoms with Gasteiger partial charge in [0.15, 0.2) is 0 Å². The number of hydrogen-bond acceptors (Lipinski definition) is 4. The molecule has 0 saturated carbocycles. The lowest BCUT2D eigenvalue weighted by Crippen LogP contribution is -2.50. The highest BCUT2D eigenvalue weighted by Gasteiger charge is 2.21. The first-order chi connectivity index (χ1) is 12.0. The monoisotopic (exact) mass is 360 g/mol. The van der Waals surface area contributed by atoms with Gasteiger partial charge in [-0.3, -0.25) is 10.1 Å². The van der Waals surface area contributed by atoms with Crippen molar-refractivity contribution in [3.63, 3.8) is 0 Å². The van der Waals surface area contributed by atoms with Gasteiger partial charge in [-0.15, -0.1) is 0 Å². The summed E-state index contributed by atoms with van der Waals surface area (Å²) in [5, 5.41) is 14.1. The molecule has 1 aliphatic heterocycles. The average molecular weight is 361 g/mol. The number of amides is 2. The molecule has 0 aliphatic carbocycles. The molecule has 1 heterocycles. The number of carbonyl (C=O) groups is 1. The van der Waals surface area contributed by atoms with Crippen molar-refractivity contribution >= 4 is 34.7 Å². The number of rotatable bonds is 3. The molecule has 2 aromatic carbocycles. The maximum atomic E-state index is 12.3. The molecule has 8 heteroatoms. The Kier molecular flexibility index (Phi) is 5.04. The number of carbonyl (C=O) groups excluding carboxylic acids is 1. The third-order valence-electron chi connectivity index (χ3n) is 4.07. The highest BCUT2D eigenvalue weighted by Crippen LogP contribution is 2.21. The average Bonchev–Trinajstić information content (AvgIpc) is 2.62. The minimum absolute atomic E-state index is 0.0725. The number of nitro groups is 1. The summed E-state index contributed by atoms with van der Waals surface area (Å²) in [6.07, 6.45) is 0. The van der Waals surface area contributed by atoms with Crippen molar-refractivity contribution in [3.8, 4) is 0 Å². The fourth-order valence-electron chi connectivity index (χ4n) is 2.72. The second-order valence-corrected chi connectivity index (χ2v) is 6.12. The van der Waals surface area contributed by atoms with E-state index in [1.165, 1.54) is 12.1 Å². The SMILES string of the molecule is O=C(Nc1cccc(Cl)c1)N1CCN(c2ccc([N+](=O)[O-])cc2)CC1. The molecule has 0 bridgehead atoms. The second-order valence-electron chi connectivity index (χ2n) is 5.69. The number of halogens is 1. The normalized spacial score (nSPS) is 14.3. The lowest BCUT2D eigenvalue weighted by atomic mass is 10.2. The van der Waals surface area contributed by atoms with Gasteiger partial charge in [0.2, 0.25) is 0 Å². The van der Waals surface area contributed by atoms with Gasteiger partial charge >= 0.3 is 6.03 Å². The molecule has 0 aromatic heterocycles. The molecule has 1 aliphatic rings. The molecule has 25 heavy (non-hydrogen) atoms. The van der Waals surface area contributed by atoms with Crippen LogP contribution in [-0.2, 0) is 0 Å². The van der Waals surface area contributed by atoms with E-state index in [1.807, 2.05) is 0 Å². The summed E-state index contributed by atoms with van der Waals surface area (Å²) in [5.74, 6) is 0. The number of hydrogen-bond donors (Lipinski definition) is 1. The highest BCUT2D eigenvalue weighted by molar-refractivity contribution is 6.30. The molecule has 2 aromatic rings. The minimum atomic E-state index is -0.415. The molecule has 1 N–H and O–H groups in total. The standard InChI is InChI=1S/C17H17ClN4O3/c18-13-2-1-3-14(12-13)19-17(23)21-10-8-20(9-11-21)15-4-6-16(7-5-15)22(24)25/h1-7,12H,8-11H2,(H,19,23). The van der Waals surface area contributed by atoms with E-state index in [9.17, 15) is 14.9 Å². The van der Waals surface area contributed by atoms with Gasteiger partial charge in [0.1, 0.15) is 0 Å². The Morgan fingerprint density at radius 2 is 1.76 bits per heavy atom. The van der Waals surface area contributed by atoms with E-state index in [1.54, 1.807) is 41.3 Å². The molecule has 3 rings (SSSR count). The van der Waals surface area contributed by atoms with E-state index in [0.29, 0.717) is 36.9 Å². The Labute approximate surface area is 149 Å². The van der Waals surface area contributed by atoms with Crippen LogP contribution in [0, 0.1) is 10.1 Å². The van der Waals surface area contributed by atoms with E-state index >= 15 is 0 Å². The number of anilines is 2. The predicted molar refractivity (Wildman–Crippen MR) is 97.4 cm³/mol. The summed E-state index contributed by atoms with van der Waals surface area (Å²) >= 11 is 5.92. The van der Waals surface area contributed by atoms with E-state index in [2.05, 4.69) is 10.2 Å². The summed E-state index contributed by atoms with van der Waals surface area (Å²) in [5.41, 5.74) is 1.65. The molecule has 0 unspecified atom stereocenters. The number of piperazine rings is 1. The molecule has 0 radical (unpaired) electrons. The van der Waals surface area contributed by atoms with Crippen LogP contribution in [0.4, 0.5) is 21.9 Å². The van der Waals surface area contributed by atoms with Gasteiger partial charge in [0.05, 0.1) is 4.92 Å². The predicted octanol–water partition coefficient (Wildman–Crippen LogP) is 3.60. The number of nitrogens with zero attached hydrogens (tertiary/aromatic N) is 3. The maximum Gasteiger partial charge on any atom is 0.321 e. The van der Waals surface area contributed by atoms with Gasteiger partial charge in [-0.2, -0.15) is 0 Å². The van der Waals surface area contributed by atoms with Crippen molar-refractivity contribution in [2.24, 2.45) is 0 Å². The van der Waals surface area contributed by atoms with Gasteiger partial charge < -0.3 is 15.1 Å². The van der Waals surface area contributed by atoms with Crippen LogP contribution in [0.5, 0.6) is 0 Å². The van der Waals surface area contributed by atoms with E-state index < -0.39 is 4.92 Å². The van der Waals surface area contributed by atoms with Crippen LogP contribution >= 0.6 is 11.6 Å². The van der Waals surface area contributed by atoms with Crippen molar-refractivity contribution in [2.75, 3.05) is 36.4 Å². The third-order valence-corrected chi connectivity index (χ3v) is 4.30. The van der Waals surface area contributed by atoms with Crippen LogP contribution in [0.3, 0.4) is 0 Å². The Morgan fingerprint density at radius 1 is 1.08 bits per heavy atom. The van der Waals surface area contributed by atoms with Gasteiger partial charge in [-0.05, 0) is 30.3 Å². The van der Waals surface area contributed by atoms with Crippen molar-refractivity contribution in [2.45, 2.75) is 0 Å². The molecule has 0 atom stereocenters. The first-order valence-electron chi connectivity index (χ1n) is 7.84. The Balaban J connectivity index is 1.56. The Morgan fingerprint density at radius 3 is 2.36 bits per heavy atom. The highest BCUT2D eigenvalue weighted by atomic mass is 35.5. The van der Waals surface area contributed by atoms with E-state index in [4.69, 9.17) is 11.6 Å². The first kappa shape index (κ1) is 17.0. The fraction of sp³-hybridized carbons (Fsp3) is 0.235. The minimum Gasteiger partial charge on any atom is -0.368 e. The fourth-order valence-corrected chi connectivity index (χ4v) is 2.91. The van der Waals surface area contributed by atoms with E-state index in [0.717, 1.165) is 5.69 Å². The Hall–Kier alpha value is -2.80. The third kappa shape index (κ3) is 4.19. The van der Waals surface area contributed by atoms with Crippen LogP contribution in [-0.4, -0.2) is 42.0 Å². The molecule has 0 spiro atoms. The van der Waals surface area contributed by atoms with Gasteiger partial charge in [-0.25, -0.2) is 4.79 Å². The van der Waals surface area contributed by atoms with Crippen LogP contribution in [0.1, 0.15) is 0 Å². The topological polar surface area (TPSA) is 78.7 Å².